The fourth-order valence-electron chi connectivity index (χ4n) is 3.17. The summed E-state index contributed by atoms with van der Waals surface area (Å²) in [4.78, 5) is 11.9. The molecular weight excluding hydrogens is 343 g/mol. The highest BCUT2D eigenvalue weighted by molar-refractivity contribution is 5.83. The third kappa shape index (κ3) is 3.18. The summed E-state index contributed by atoms with van der Waals surface area (Å²) in [6.45, 7) is 0. The van der Waals surface area contributed by atoms with Crippen LogP contribution in [0, 0.1) is 5.82 Å². The van der Waals surface area contributed by atoms with Gasteiger partial charge in [-0.05, 0) is 41.5 Å². The van der Waals surface area contributed by atoms with Crippen molar-refractivity contribution in [2.45, 2.75) is 6.42 Å². The van der Waals surface area contributed by atoms with E-state index in [0.717, 1.165) is 16.6 Å². The van der Waals surface area contributed by atoms with Crippen LogP contribution in [0.25, 0.3) is 21.9 Å². The number of halogens is 1. The lowest BCUT2D eigenvalue weighted by Gasteiger charge is -2.09. The molecule has 4 aromatic rings. The number of hydrogen-bond donors (Lipinski definition) is 3. The number of nitrogen functional groups attached to an aromatic ring is 1. The maximum Gasteiger partial charge on any atom is 0.272 e. The molecular formula is C21H18FN4O+. The molecule has 6 N–H and O–H groups in total. The number of benzene rings is 3. The molecule has 0 aliphatic carbocycles. The quantitative estimate of drug-likeness (QED) is 0.489. The van der Waals surface area contributed by atoms with Crippen LogP contribution in [0.2, 0.25) is 0 Å². The highest BCUT2D eigenvalue weighted by Gasteiger charge is 2.11. The van der Waals surface area contributed by atoms with Crippen LogP contribution in [-0.2, 0) is 6.42 Å². The molecule has 0 fully saturated rings. The molecule has 4 rings (SSSR count). The molecule has 5 nitrogen and oxygen atoms in total. The Morgan fingerprint density at radius 3 is 2.59 bits per heavy atom. The molecule has 0 bridgehead atoms. The van der Waals surface area contributed by atoms with Gasteiger partial charge < -0.3 is 11.5 Å². The fourth-order valence-corrected chi connectivity index (χ4v) is 3.17. The zero-order valence-electron chi connectivity index (χ0n) is 14.5. The second kappa shape index (κ2) is 6.66. The molecule has 0 radical (unpaired) electrons. The minimum atomic E-state index is -0.325. The fraction of sp³-hybridized carbons (Fsp3) is 0.0476. The first-order chi connectivity index (χ1) is 13.0. The van der Waals surface area contributed by atoms with Gasteiger partial charge in [0.15, 0.2) is 5.69 Å². The van der Waals surface area contributed by atoms with Crippen molar-refractivity contribution in [1.82, 2.24) is 10.2 Å². The van der Waals surface area contributed by atoms with Gasteiger partial charge in [-0.15, -0.1) is 0 Å². The number of aromatic amines is 1. The number of quaternary nitrogens is 1. The van der Waals surface area contributed by atoms with Gasteiger partial charge in [0.05, 0.1) is 16.8 Å². The molecule has 1 heterocycles. The first-order valence-electron chi connectivity index (χ1n) is 8.49. The lowest BCUT2D eigenvalue weighted by Crippen LogP contribution is -2.40. The van der Waals surface area contributed by atoms with Crippen molar-refractivity contribution in [1.29, 1.82) is 0 Å². The number of H-pyrrole nitrogens is 1. The van der Waals surface area contributed by atoms with Crippen molar-refractivity contribution >= 4 is 22.1 Å². The minimum Gasteiger partial charge on any atom is -0.394 e. The summed E-state index contributed by atoms with van der Waals surface area (Å²) in [6.07, 6.45) is 0.466. The molecule has 0 spiro atoms. The number of aromatic nitrogens is 2. The lowest BCUT2D eigenvalue weighted by atomic mass is 9.98. The average Bonchev–Trinajstić information content (AvgIpc) is 2.68. The van der Waals surface area contributed by atoms with Crippen molar-refractivity contribution in [2.75, 3.05) is 5.73 Å². The highest BCUT2D eigenvalue weighted by Crippen LogP contribution is 2.28. The first kappa shape index (κ1) is 16.9. The number of fused-ring (bicyclic) bond motifs is 1. The SMILES string of the molecule is Nc1cc(-c2cc(Cc3n[nH]c(=O)c4ccccc34)ccc2F)ccc1[NH3+]. The topological polar surface area (TPSA) is 99.4 Å². The number of anilines is 1. The summed E-state index contributed by atoms with van der Waals surface area (Å²) in [7, 11) is 0. The van der Waals surface area contributed by atoms with Crippen LogP contribution in [0.4, 0.5) is 15.8 Å². The van der Waals surface area contributed by atoms with Crippen LogP contribution >= 0.6 is 0 Å². The van der Waals surface area contributed by atoms with E-state index in [2.05, 4.69) is 15.9 Å². The molecule has 27 heavy (non-hydrogen) atoms. The van der Waals surface area contributed by atoms with Crippen LogP contribution < -0.4 is 17.0 Å². The molecule has 0 aliphatic rings. The van der Waals surface area contributed by atoms with E-state index < -0.39 is 0 Å². The molecule has 0 saturated carbocycles. The van der Waals surface area contributed by atoms with E-state index in [-0.39, 0.29) is 11.4 Å². The highest BCUT2D eigenvalue weighted by atomic mass is 19.1. The second-order valence-electron chi connectivity index (χ2n) is 6.45. The zero-order chi connectivity index (χ0) is 19.0. The van der Waals surface area contributed by atoms with E-state index in [4.69, 9.17) is 5.73 Å². The van der Waals surface area contributed by atoms with Crippen molar-refractivity contribution in [3.8, 4) is 11.1 Å². The molecule has 6 heteroatoms. The number of nitrogens with two attached hydrogens (primary N) is 1. The summed E-state index contributed by atoms with van der Waals surface area (Å²) in [5, 5.41) is 8.10. The molecule has 0 aliphatic heterocycles. The van der Waals surface area contributed by atoms with Gasteiger partial charge in [-0.1, -0.05) is 24.3 Å². The molecule has 134 valence electrons. The molecule has 0 unspecified atom stereocenters. The monoisotopic (exact) mass is 361 g/mol. The minimum absolute atomic E-state index is 0.224. The Kier molecular flexibility index (Phi) is 4.18. The molecule has 0 atom stereocenters. The predicted molar refractivity (Wildman–Crippen MR) is 104 cm³/mol. The van der Waals surface area contributed by atoms with Gasteiger partial charge in [0, 0.05) is 23.4 Å². The van der Waals surface area contributed by atoms with E-state index in [0.29, 0.717) is 34.3 Å². The second-order valence-corrected chi connectivity index (χ2v) is 6.45. The largest absolute Gasteiger partial charge is 0.394 e. The Morgan fingerprint density at radius 2 is 1.81 bits per heavy atom. The standard InChI is InChI=1S/C21H17FN4O/c22-17-7-5-12(9-16(17)13-6-8-18(23)19(24)11-13)10-20-14-3-1-2-4-15(14)21(27)26-25-20/h1-9,11H,10,23-24H2,(H,26,27)/p+1. The zero-order valence-corrected chi connectivity index (χ0v) is 14.5. The van der Waals surface area contributed by atoms with E-state index in [1.807, 2.05) is 18.2 Å². The molecule has 1 aromatic heterocycles. The van der Waals surface area contributed by atoms with Crippen molar-refractivity contribution in [2.24, 2.45) is 0 Å². The maximum absolute atomic E-state index is 14.4. The van der Waals surface area contributed by atoms with E-state index in [1.54, 1.807) is 36.4 Å². The number of hydrogen-bond acceptors (Lipinski definition) is 3. The Hall–Kier alpha value is -3.51. The van der Waals surface area contributed by atoms with Gasteiger partial charge >= 0.3 is 0 Å². The van der Waals surface area contributed by atoms with E-state index in [1.165, 1.54) is 6.07 Å². The molecule has 0 saturated heterocycles. The Labute approximate surface area is 154 Å². The van der Waals surface area contributed by atoms with Gasteiger partial charge in [0.1, 0.15) is 5.82 Å². The lowest BCUT2D eigenvalue weighted by molar-refractivity contribution is -0.253. The van der Waals surface area contributed by atoms with Crippen LogP contribution in [0.15, 0.2) is 65.5 Å². The summed E-state index contributed by atoms with van der Waals surface area (Å²) >= 11 is 0. The van der Waals surface area contributed by atoms with E-state index >= 15 is 0 Å². The van der Waals surface area contributed by atoms with Crippen molar-refractivity contribution < 1.29 is 10.1 Å². The molecule has 3 aromatic carbocycles. The summed E-state index contributed by atoms with van der Waals surface area (Å²) < 4.78 is 14.4. The summed E-state index contributed by atoms with van der Waals surface area (Å²) in [5.74, 6) is -0.325. The van der Waals surface area contributed by atoms with Crippen LogP contribution in [0.1, 0.15) is 11.3 Å². The van der Waals surface area contributed by atoms with E-state index in [9.17, 15) is 9.18 Å². The first-order valence-corrected chi connectivity index (χ1v) is 8.49. The van der Waals surface area contributed by atoms with Gasteiger partial charge in [-0.25, -0.2) is 9.49 Å². The summed E-state index contributed by atoms with van der Waals surface area (Å²) in [6, 6.07) is 17.5. The van der Waals surface area contributed by atoms with Gasteiger partial charge in [0.2, 0.25) is 0 Å². The van der Waals surface area contributed by atoms with Gasteiger partial charge in [-0.2, -0.15) is 5.10 Å². The Balaban J connectivity index is 1.77. The Bertz CT molecular complexity index is 1220. The Morgan fingerprint density at radius 1 is 1.04 bits per heavy atom. The number of nitrogens with one attached hydrogen (secondary N) is 1. The van der Waals surface area contributed by atoms with Gasteiger partial charge in [-0.3, -0.25) is 4.79 Å². The molecule has 0 amide bonds. The van der Waals surface area contributed by atoms with Crippen LogP contribution in [0.5, 0.6) is 0 Å². The van der Waals surface area contributed by atoms with Crippen LogP contribution in [0.3, 0.4) is 0 Å². The van der Waals surface area contributed by atoms with Crippen molar-refractivity contribution in [3.63, 3.8) is 0 Å². The summed E-state index contributed by atoms with van der Waals surface area (Å²) in [5.41, 5.74) is 13.5. The smallest absolute Gasteiger partial charge is 0.272 e. The number of rotatable bonds is 3. The normalized spacial score (nSPS) is 11.0. The predicted octanol–water partition coefficient (Wildman–Crippen LogP) is 2.78. The number of nitrogens with zero attached hydrogens (tertiary/aromatic N) is 1. The van der Waals surface area contributed by atoms with Gasteiger partial charge in [0.25, 0.3) is 5.56 Å². The van der Waals surface area contributed by atoms with Crippen molar-refractivity contribution in [3.05, 3.63) is 88.1 Å². The average molecular weight is 361 g/mol. The van der Waals surface area contributed by atoms with Crippen LogP contribution in [-0.4, -0.2) is 10.2 Å². The third-order valence-corrected chi connectivity index (χ3v) is 4.63. The maximum atomic E-state index is 14.4. The third-order valence-electron chi connectivity index (χ3n) is 4.63.